The number of carbonyl (C=O) groups excluding carboxylic acids is 1. The number of piperazine rings is 1. The highest BCUT2D eigenvalue weighted by atomic mass is 32.2. The number of nitrogens with zero attached hydrogens (tertiary/aromatic N) is 3. The second-order valence-electron chi connectivity index (χ2n) is 6.41. The summed E-state index contributed by atoms with van der Waals surface area (Å²) >= 11 is 0. The van der Waals surface area contributed by atoms with Gasteiger partial charge in [-0.25, -0.2) is 8.42 Å². The van der Waals surface area contributed by atoms with Gasteiger partial charge in [0.15, 0.2) is 5.76 Å². The molecule has 0 N–H and O–H groups in total. The maximum Gasteiger partial charge on any atom is 0.248 e. The van der Waals surface area contributed by atoms with E-state index in [2.05, 4.69) is 17.3 Å². The van der Waals surface area contributed by atoms with Crippen LogP contribution in [0.4, 0.5) is 0 Å². The molecule has 1 aromatic rings. The first-order valence-corrected chi connectivity index (χ1v) is 9.71. The van der Waals surface area contributed by atoms with Gasteiger partial charge in [0.2, 0.25) is 15.9 Å². The number of aryl methyl sites for hydroxylation is 2. The molecule has 0 saturated carbocycles. The second-order valence-corrected chi connectivity index (χ2v) is 8.28. The summed E-state index contributed by atoms with van der Waals surface area (Å²) in [5.74, 6) is 0.751. The summed E-state index contributed by atoms with van der Waals surface area (Å²) in [4.78, 5) is 14.3. The van der Waals surface area contributed by atoms with Crippen molar-refractivity contribution in [2.45, 2.75) is 38.0 Å². The lowest BCUT2D eigenvalue weighted by atomic mass is 10.0. The zero-order chi connectivity index (χ0) is 17.3. The maximum atomic E-state index is 12.8. The highest BCUT2D eigenvalue weighted by Crippen LogP contribution is 2.25. The van der Waals surface area contributed by atoms with E-state index in [0.29, 0.717) is 50.0 Å². The molecule has 1 atom stereocenters. The van der Waals surface area contributed by atoms with Crippen molar-refractivity contribution in [3.05, 3.63) is 23.6 Å². The van der Waals surface area contributed by atoms with Crippen molar-refractivity contribution in [2.75, 3.05) is 26.2 Å². The zero-order valence-corrected chi connectivity index (χ0v) is 14.9. The number of carbonyl (C=O) groups is 1. The molecule has 24 heavy (non-hydrogen) atoms. The molecule has 1 aromatic heterocycles. The van der Waals surface area contributed by atoms with Crippen LogP contribution in [0.3, 0.4) is 0 Å². The van der Waals surface area contributed by atoms with Crippen LogP contribution in [-0.2, 0) is 14.8 Å². The van der Waals surface area contributed by atoms with E-state index in [1.807, 2.05) is 0 Å². The molecule has 7 nitrogen and oxygen atoms in total. The highest BCUT2D eigenvalue weighted by Gasteiger charge is 2.34. The molecule has 3 rings (SSSR count). The predicted molar refractivity (Wildman–Crippen MR) is 87.8 cm³/mol. The summed E-state index contributed by atoms with van der Waals surface area (Å²) in [7, 11) is -3.62. The second kappa shape index (κ2) is 6.68. The molecule has 1 fully saturated rings. The number of rotatable bonds is 4. The zero-order valence-electron chi connectivity index (χ0n) is 14.1. The molecule has 1 amide bonds. The Kier molecular flexibility index (Phi) is 4.78. The van der Waals surface area contributed by atoms with Crippen LogP contribution in [0, 0.1) is 19.8 Å². The molecule has 132 valence electrons. The van der Waals surface area contributed by atoms with Crippen LogP contribution >= 0.6 is 0 Å². The molecule has 2 aliphatic rings. The Hall–Kier alpha value is -1.67. The largest absolute Gasteiger partial charge is 0.360 e. The third-order valence-electron chi connectivity index (χ3n) is 4.71. The molecule has 8 heteroatoms. The van der Waals surface area contributed by atoms with Gasteiger partial charge in [-0.15, -0.1) is 0 Å². The van der Waals surface area contributed by atoms with Gasteiger partial charge in [0.05, 0.1) is 0 Å². The van der Waals surface area contributed by atoms with E-state index in [9.17, 15) is 13.2 Å². The van der Waals surface area contributed by atoms with Gasteiger partial charge in [0.25, 0.3) is 0 Å². The fraction of sp³-hybridized carbons (Fsp3) is 0.625. The van der Waals surface area contributed by atoms with Crippen molar-refractivity contribution < 1.29 is 17.7 Å². The van der Waals surface area contributed by atoms with Gasteiger partial charge in [-0.05, 0) is 32.6 Å². The Morgan fingerprint density at radius 2 is 2.00 bits per heavy atom. The summed E-state index contributed by atoms with van der Waals surface area (Å²) < 4.78 is 31.9. The quantitative estimate of drug-likeness (QED) is 0.766. The van der Waals surface area contributed by atoms with Gasteiger partial charge in [-0.3, -0.25) is 4.79 Å². The van der Waals surface area contributed by atoms with Gasteiger partial charge in [0, 0.05) is 32.6 Å². The summed E-state index contributed by atoms with van der Waals surface area (Å²) in [6, 6.07) is 0. The average Bonchev–Trinajstić information content (AvgIpc) is 3.17. The molecule has 1 aliphatic heterocycles. The molecular weight excluding hydrogens is 330 g/mol. The normalized spacial score (nSPS) is 22.2. The van der Waals surface area contributed by atoms with E-state index < -0.39 is 10.0 Å². The van der Waals surface area contributed by atoms with Crippen molar-refractivity contribution in [3.63, 3.8) is 0 Å². The van der Waals surface area contributed by atoms with E-state index in [-0.39, 0.29) is 10.8 Å². The minimum atomic E-state index is -3.62. The van der Waals surface area contributed by atoms with E-state index >= 15 is 0 Å². The van der Waals surface area contributed by atoms with Crippen molar-refractivity contribution in [1.29, 1.82) is 0 Å². The number of hydrogen-bond acceptors (Lipinski definition) is 5. The lowest BCUT2D eigenvalue weighted by Crippen LogP contribution is -2.50. The molecule has 0 spiro atoms. The van der Waals surface area contributed by atoms with Gasteiger partial charge in [0.1, 0.15) is 10.6 Å². The first kappa shape index (κ1) is 17.2. The predicted octanol–water partition coefficient (Wildman–Crippen LogP) is 1.48. The molecule has 0 radical (unpaired) electrons. The van der Waals surface area contributed by atoms with Gasteiger partial charge >= 0.3 is 0 Å². The monoisotopic (exact) mass is 353 g/mol. The topological polar surface area (TPSA) is 83.7 Å². The van der Waals surface area contributed by atoms with Crippen LogP contribution in [0.5, 0.6) is 0 Å². The van der Waals surface area contributed by atoms with Crippen molar-refractivity contribution >= 4 is 15.9 Å². The van der Waals surface area contributed by atoms with E-state index in [0.717, 1.165) is 12.8 Å². The number of amides is 1. The molecule has 1 aliphatic carbocycles. The molecule has 0 aromatic carbocycles. The minimum Gasteiger partial charge on any atom is -0.360 e. The molecule has 1 saturated heterocycles. The first-order valence-electron chi connectivity index (χ1n) is 8.27. The lowest BCUT2D eigenvalue weighted by Gasteiger charge is -2.34. The van der Waals surface area contributed by atoms with Crippen molar-refractivity contribution in [2.24, 2.45) is 5.92 Å². The average molecular weight is 353 g/mol. The Bertz CT molecular complexity index is 726. The third kappa shape index (κ3) is 3.25. The van der Waals surface area contributed by atoms with Gasteiger partial charge in [-0.1, -0.05) is 17.3 Å². The molecule has 0 unspecified atom stereocenters. The fourth-order valence-electron chi connectivity index (χ4n) is 3.37. The fourth-order valence-corrected chi connectivity index (χ4v) is 5.08. The van der Waals surface area contributed by atoms with Crippen LogP contribution in [0.25, 0.3) is 0 Å². The van der Waals surface area contributed by atoms with E-state index in [1.165, 1.54) is 4.31 Å². The third-order valence-corrected chi connectivity index (χ3v) is 6.85. The SMILES string of the molecule is Cc1noc(C)c1S(=O)(=O)N1CCN(C(=O)C[C@H]2C=CCC2)CC1. The minimum absolute atomic E-state index is 0.112. The van der Waals surface area contributed by atoms with Crippen LogP contribution in [0.1, 0.15) is 30.7 Å². The molecule has 2 heterocycles. The van der Waals surface area contributed by atoms with Crippen LogP contribution in [-0.4, -0.2) is 54.9 Å². The van der Waals surface area contributed by atoms with Gasteiger partial charge in [-0.2, -0.15) is 4.31 Å². The number of allylic oxidation sites excluding steroid dienone is 2. The first-order chi connectivity index (χ1) is 11.4. The Balaban J connectivity index is 1.62. The Morgan fingerprint density at radius 3 is 2.54 bits per heavy atom. The summed E-state index contributed by atoms with van der Waals surface area (Å²) in [6.07, 6.45) is 6.82. The number of hydrogen-bond donors (Lipinski definition) is 0. The van der Waals surface area contributed by atoms with Crippen molar-refractivity contribution in [1.82, 2.24) is 14.4 Å². The highest BCUT2D eigenvalue weighted by molar-refractivity contribution is 7.89. The number of aromatic nitrogens is 1. The Morgan fingerprint density at radius 1 is 1.29 bits per heavy atom. The standard InChI is InChI=1S/C16H23N3O4S/c1-12-16(13(2)23-17-12)24(21,22)19-9-7-18(8-10-19)15(20)11-14-5-3-4-6-14/h3,5,14H,4,6-11H2,1-2H3/t14-/m0/s1. The number of sulfonamides is 1. The molecule has 0 bridgehead atoms. The Labute approximate surface area is 142 Å². The van der Waals surface area contributed by atoms with Crippen molar-refractivity contribution in [3.8, 4) is 0 Å². The lowest BCUT2D eigenvalue weighted by molar-refractivity contribution is -0.133. The summed E-state index contributed by atoms with van der Waals surface area (Å²) in [5.41, 5.74) is 0.374. The smallest absolute Gasteiger partial charge is 0.248 e. The van der Waals surface area contributed by atoms with Crippen LogP contribution in [0.2, 0.25) is 0 Å². The van der Waals surface area contributed by atoms with E-state index in [1.54, 1.807) is 18.7 Å². The van der Waals surface area contributed by atoms with Crippen LogP contribution in [0.15, 0.2) is 21.6 Å². The summed E-state index contributed by atoms with van der Waals surface area (Å²) in [6.45, 7) is 4.69. The maximum absolute atomic E-state index is 12.8. The van der Waals surface area contributed by atoms with E-state index in [4.69, 9.17) is 4.52 Å². The summed E-state index contributed by atoms with van der Waals surface area (Å²) in [5, 5.41) is 3.73. The molecular formula is C16H23N3O4S. The van der Waals surface area contributed by atoms with Crippen LogP contribution < -0.4 is 0 Å². The van der Waals surface area contributed by atoms with Gasteiger partial charge < -0.3 is 9.42 Å².